The van der Waals surface area contributed by atoms with Crippen molar-refractivity contribution in [3.8, 4) is 5.75 Å². The first-order valence-corrected chi connectivity index (χ1v) is 8.01. The topological polar surface area (TPSA) is 55.4 Å². The monoisotopic (exact) mass is 391 g/mol. The molecule has 102 valence electrons. The van der Waals surface area contributed by atoms with Crippen LogP contribution in [0.15, 0.2) is 24.3 Å². The number of imide groups is 1. The van der Waals surface area contributed by atoms with Gasteiger partial charge in [-0.3, -0.25) is 14.9 Å². The van der Waals surface area contributed by atoms with E-state index in [9.17, 15) is 9.59 Å². The zero-order chi connectivity index (χ0) is 13.7. The van der Waals surface area contributed by atoms with Crippen LogP contribution in [0.1, 0.15) is 19.3 Å². The number of amides is 2. The summed E-state index contributed by atoms with van der Waals surface area (Å²) < 4.78 is 6.78. The summed E-state index contributed by atoms with van der Waals surface area (Å²) in [6.45, 7) is 0.632. The average Bonchev–Trinajstić information content (AvgIpc) is 2.70. The number of benzene rings is 1. The maximum Gasteiger partial charge on any atom is 0.286 e. The number of hydrogen-bond acceptors (Lipinski definition) is 4. The van der Waals surface area contributed by atoms with E-state index in [2.05, 4.69) is 27.9 Å². The molecule has 19 heavy (non-hydrogen) atoms. The fourth-order valence-corrected chi connectivity index (χ4v) is 2.96. The molecule has 1 unspecified atom stereocenters. The Hall–Kier alpha value is -0.760. The lowest BCUT2D eigenvalue weighted by Crippen LogP contribution is -2.24. The van der Waals surface area contributed by atoms with Gasteiger partial charge in [0, 0.05) is 3.57 Å². The van der Waals surface area contributed by atoms with Crippen molar-refractivity contribution in [1.29, 1.82) is 0 Å². The summed E-state index contributed by atoms with van der Waals surface area (Å²) in [7, 11) is 0. The second kappa shape index (κ2) is 7.14. The SMILES string of the molecule is O=C1NC(=O)C(CCCCOc2ccc(I)cc2)S1. The van der Waals surface area contributed by atoms with E-state index in [0.717, 1.165) is 36.8 Å². The van der Waals surface area contributed by atoms with E-state index in [1.807, 2.05) is 24.3 Å². The van der Waals surface area contributed by atoms with Crippen LogP contribution < -0.4 is 10.1 Å². The predicted molar refractivity (Wildman–Crippen MR) is 83.4 cm³/mol. The molecule has 1 aliphatic rings. The quantitative estimate of drug-likeness (QED) is 0.598. The molecule has 1 atom stereocenters. The van der Waals surface area contributed by atoms with Gasteiger partial charge in [-0.05, 0) is 66.1 Å². The van der Waals surface area contributed by atoms with Crippen LogP contribution in [0.25, 0.3) is 0 Å². The Bertz CT molecular complexity index is 463. The van der Waals surface area contributed by atoms with Gasteiger partial charge in [0.05, 0.1) is 11.9 Å². The van der Waals surface area contributed by atoms with Gasteiger partial charge in [0.25, 0.3) is 5.24 Å². The molecule has 1 heterocycles. The predicted octanol–water partition coefficient (Wildman–Crippen LogP) is 3.19. The molecule has 1 aromatic carbocycles. The highest BCUT2D eigenvalue weighted by Crippen LogP contribution is 2.23. The molecule has 0 radical (unpaired) electrons. The first-order valence-electron chi connectivity index (χ1n) is 6.05. The van der Waals surface area contributed by atoms with Crippen LogP contribution in [0.3, 0.4) is 0 Å². The molecule has 0 saturated carbocycles. The Morgan fingerprint density at radius 1 is 1.21 bits per heavy atom. The summed E-state index contributed by atoms with van der Waals surface area (Å²) in [5.74, 6) is 0.706. The number of unbranched alkanes of at least 4 members (excludes halogenated alkanes) is 1. The van der Waals surface area contributed by atoms with E-state index in [0.29, 0.717) is 6.61 Å². The van der Waals surface area contributed by atoms with Crippen molar-refractivity contribution in [3.05, 3.63) is 27.8 Å². The lowest BCUT2D eigenvalue weighted by atomic mass is 10.2. The van der Waals surface area contributed by atoms with Gasteiger partial charge in [-0.25, -0.2) is 0 Å². The molecular weight excluding hydrogens is 377 g/mol. The summed E-state index contributed by atoms with van der Waals surface area (Å²) in [4.78, 5) is 22.3. The highest BCUT2D eigenvalue weighted by molar-refractivity contribution is 14.1. The molecule has 0 spiro atoms. The minimum absolute atomic E-state index is 0.159. The van der Waals surface area contributed by atoms with E-state index in [1.165, 1.54) is 3.57 Å². The number of nitrogens with one attached hydrogen (secondary N) is 1. The van der Waals surface area contributed by atoms with Crippen molar-refractivity contribution >= 4 is 45.5 Å². The molecule has 0 bridgehead atoms. The fraction of sp³-hybridized carbons (Fsp3) is 0.385. The third-order valence-electron chi connectivity index (χ3n) is 2.71. The summed E-state index contributed by atoms with van der Waals surface area (Å²) >= 11 is 3.34. The van der Waals surface area contributed by atoms with Crippen LogP contribution >= 0.6 is 34.4 Å². The number of halogens is 1. The van der Waals surface area contributed by atoms with E-state index < -0.39 is 0 Å². The maximum atomic E-state index is 11.3. The van der Waals surface area contributed by atoms with Gasteiger partial charge >= 0.3 is 0 Å². The van der Waals surface area contributed by atoms with Crippen LogP contribution in [0.5, 0.6) is 5.75 Å². The summed E-state index contributed by atoms with van der Waals surface area (Å²) in [6, 6.07) is 7.89. The lowest BCUT2D eigenvalue weighted by molar-refractivity contribution is -0.119. The summed E-state index contributed by atoms with van der Waals surface area (Å²) in [5.41, 5.74) is 0. The molecule has 4 nitrogen and oxygen atoms in total. The van der Waals surface area contributed by atoms with Crippen LogP contribution in [0.2, 0.25) is 0 Å². The Morgan fingerprint density at radius 3 is 2.58 bits per heavy atom. The Labute approximate surface area is 129 Å². The normalized spacial score (nSPS) is 18.5. The van der Waals surface area contributed by atoms with E-state index >= 15 is 0 Å². The number of carbonyl (C=O) groups excluding carboxylic acids is 2. The molecule has 6 heteroatoms. The molecule has 1 aromatic rings. The van der Waals surface area contributed by atoms with Gasteiger partial charge in [-0.1, -0.05) is 11.8 Å². The van der Waals surface area contributed by atoms with E-state index in [-0.39, 0.29) is 16.4 Å². The highest BCUT2D eigenvalue weighted by Gasteiger charge is 2.30. The van der Waals surface area contributed by atoms with Gasteiger partial charge in [0.1, 0.15) is 5.75 Å². The van der Waals surface area contributed by atoms with E-state index in [4.69, 9.17) is 4.74 Å². The zero-order valence-electron chi connectivity index (χ0n) is 10.2. The van der Waals surface area contributed by atoms with Crippen molar-refractivity contribution in [2.75, 3.05) is 6.61 Å². The molecule has 1 fully saturated rings. The number of hydrogen-bond donors (Lipinski definition) is 1. The van der Waals surface area contributed by atoms with Gasteiger partial charge in [-0.2, -0.15) is 0 Å². The smallest absolute Gasteiger partial charge is 0.286 e. The van der Waals surface area contributed by atoms with Crippen LogP contribution in [0, 0.1) is 3.57 Å². The Kier molecular flexibility index (Phi) is 5.50. The molecule has 0 aromatic heterocycles. The molecule has 1 aliphatic heterocycles. The fourth-order valence-electron chi connectivity index (χ4n) is 1.74. The molecule has 2 rings (SSSR count). The molecular formula is C13H14INO3S. The minimum atomic E-state index is -0.231. The van der Waals surface area contributed by atoms with Crippen LogP contribution in [0.4, 0.5) is 4.79 Å². The third kappa shape index (κ3) is 4.68. The second-order valence-corrected chi connectivity index (χ2v) is 6.60. The average molecular weight is 391 g/mol. The van der Waals surface area contributed by atoms with Gasteiger partial charge in [-0.15, -0.1) is 0 Å². The first-order chi connectivity index (χ1) is 9.15. The standard InChI is InChI=1S/C13H14INO3S/c14-9-4-6-10(7-5-9)18-8-2-1-3-11-12(16)15-13(17)19-11/h4-7,11H,1-3,8H2,(H,15,16,17). The number of ether oxygens (including phenoxy) is 1. The number of rotatable bonds is 6. The van der Waals surface area contributed by atoms with Crippen molar-refractivity contribution in [2.45, 2.75) is 24.5 Å². The molecule has 0 aliphatic carbocycles. The van der Waals surface area contributed by atoms with Crippen molar-refractivity contribution in [3.63, 3.8) is 0 Å². The Morgan fingerprint density at radius 2 is 1.95 bits per heavy atom. The third-order valence-corrected chi connectivity index (χ3v) is 4.48. The summed E-state index contributed by atoms with van der Waals surface area (Å²) in [6.07, 6.45) is 2.48. The summed E-state index contributed by atoms with van der Waals surface area (Å²) in [5, 5.41) is 1.84. The zero-order valence-corrected chi connectivity index (χ0v) is 13.2. The molecule has 1 N–H and O–H groups in total. The van der Waals surface area contributed by atoms with E-state index in [1.54, 1.807) is 0 Å². The molecule has 1 saturated heterocycles. The van der Waals surface area contributed by atoms with Crippen LogP contribution in [-0.4, -0.2) is 23.0 Å². The number of thioether (sulfide) groups is 1. The van der Waals surface area contributed by atoms with Gasteiger partial charge < -0.3 is 4.74 Å². The van der Waals surface area contributed by atoms with Gasteiger partial charge in [0.15, 0.2) is 0 Å². The largest absolute Gasteiger partial charge is 0.494 e. The highest BCUT2D eigenvalue weighted by atomic mass is 127. The second-order valence-electron chi connectivity index (χ2n) is 4.18. The van der Waals surface area contributed by atoms with Crippen LogP contribution in [-0.2, 0) is 4.79 Å². The minimum Gasteiger partial charge on any atom is -0.494 e. The Balaban J connectivity index is 1.61. The van der Waals surface area contributed by atoms with Crippen molar-refractivity contribution in [1.82, 2.24) is 5.32 Å². The first kappa shape index (κ1) is 14.6. The molecule has 2 amide bonds. The van der Waals surface area contributed by atoms with Gasteiger partial charge in [0.2, 0.25) is 5.91 Å². The van der Waals surface area contributed by atoms with Crippen molar-refractivity contribution in [2.24, 2.45) is 0 Å². The number of carbonyl (C=O) groups is 2. The lowest BCUT2D eigenvalue weighted by Gasteiger charge is -2.07. The van der Waals surface area contributed by atoms with Crippen molar-refractivity contribution < 1.29 is 14.3 Å². The maximum absolute atomic E-state index is 11.3.